The van der Waals surface area contributed by atoms with E-state index in [-0.39, 0.29) is 0 Å². The van der Waals surface area contributed by atoms with Gasteiger partial charge in [0.05, 0.1) is 0 Å². The van der Waals surface area contributed by atoms with E-state index in [1.807, 2.05) is 0 Å². The van der Waals surface area contributed by atoms with Gasteiger partial charge in [-0.3, -0.25) is 0 Å². The van der Waals surface area contributed by atoms with Gasteiger partial charge in [-0.2, -0.15) is 0 Å². The molecule has 0 bridgehead atoms. The summed E-state index contributed by atoms with van der Waals surface area (Å²) >= 11 is 0. The van der Waals surface area contributed by atoms with Crippen molar-refractivity contribution in [1.82, 2.24) is 0 Å². The zero-order chi connectivity index (χ0) is 36.0. The molecule has 0 unspecified atom stereocenters. The van der Waals surface area contributed by atoms with Gasteiger partial charge >= 0.3 is 0 Å². The number of furan rings is 1. The molecule has 0 fully saturated rings. The molecule has 0 aliphatic carbocycles. The Bertz CT molecular complexity index is 3490. The van der Waals surface area contributed by atoms with Crippen LogP contribution in [-0.2, 0) is 0 Å². The Morgan fingerprint density at radius 1 is 0.255 bits per heavy atom. The van der Waals surface area contributed by atoms with Crippen LogP contribution in [0.2, 0.25) is 0 Å². The zero-order valence-corrected chi connectivity index (χ0v) is 29.9. The van der Waals surface area contributed by atoms with Crippen molar-refractivity contribution in [2.75, 3.05) is 0 Å². The second-order valence-electron chi connectivity index (χ2n) is 14.7. The maximum atomic E-state index is 6.48. The topological polar surface area (TPSA) is 13.1 Å². The summed E-state index contributed by atoms with van der Waals surface area (Å²) in [6.07, 6.45) is 0. The summed E-state index contributed by atoms with van der Waals surface area (Å²) in [4.78, 5) is 0. The van der Waals surface area contributed by atoms with E-state index in [9.17, 15) is 0 Å². The van der Waals surface area contributed by atoms with Gasteiger partial charge in [0.2, 0.25) is 0 Å². The molecule has 1 aromatic heterocycles. The molecular formula is C54H32O. The van der Waals surface area contributed by atoms with Crippen LogP contribution in [0.5, 0.6) is 0 Å². The lowest BCUT2D eigenvalue weighted by molar-refractivity contribution is 0.670. The Kier molecular flexibility index (Phi) is 6.40. The van der Waals surface area contributed by atoms with Crippen LogP contribution in [-0.4, -0.2) is 0 Å². The van der Waals surface area contributed by atoms with Crippen molar-refractivity contribution in [3.63, 3.8) is 0 Å². The SMILES string of the molecule is c1ccc2c(-c3c4ccccc4c(-c4ccc(-c5ccc6cc7c(cc6c5)oc5ccc6ccccc6c57)c5ccccc45)c4ccccc34)cccc2c1. The maximum absolute atomic E-state index is 6.48. The molecule has 1 nitrogen and oxygen atoms in total. The largest absolute Gasteiger partial charge is 0.456 e. The number of hydrogen-bond acceptors (Lipinski definition) is 1. The van der Waals surface area contributed by atoms with Gasteiger partial charge in [0.1, 0.15) is 11.2 Å². The summed E-state index contributed by atoms with van der Waals surface area (Å²) in [5, 5.41) is 17.2. The molecule has 0 aliphatic heterocycles. The molecule has 55 heavy (non-hydrogen) atoms. The average molecular weight is 697 g/mol. The van der Waals surface area contributed by atoms with E-state index in [2.05, 4.69) is 194 Å². The first-order valence-corrected chi connectivity index (χ1v) is 19.0. The minimum Gasteiger partial charge on any atom is -0.456 e. The highest BCUT2D eigenvalue weighted by molar-refractivity contribution is 6.26. The van der Waals surface area contributed by atoms with E-state index in [1.54, 1.807) is 0 Å². The molecule has 0 radical (unpaired) electrons. The highest BCUT2D eigenvalue weighted by Crippen LogP contribution is 2.48. The van der Waals surface area contributed by atoms with Gasteiger partial charge in [-0.1, -0.05) is 170 Å². The Balaban J connectivity index is 1.07. The number of hydrogen-bond donors (Lipinski definition) is 0. The molecule has 1 heteroatoms. The minimum atomic E-state index is 0.918. The molecule has 0 N–H and O–H groups in total. The number of benzene rings is 11. The van der Waals surface area contributed by atoms with E-state index >= 15 is 0 Å². The third kappa shape index (κ3) is 4.48. The van der Waals surface area contributed by atoms with Gasteiger partial charge in [-0.25, -0.2) is 0 Å². The molecule has 254 valence electrons. The molecule has 0 saturated heterocycles. The molecular weight excluding hydrogens is 665 g/mol. The lowest BCUT2D eigenvalue weighted by Crippen LogP contribution is -1.93. The van der Waals surface area contributed by atoms with Gasteiger partial charge in [0.15, 0.2) is 0 Å². The van der Waals surface area contributed by atoms with Crippen LogP contribution in [0.3, 0.4) is 0 Å². The molecule has 0 atom stereocenters. The van der Waals surface area contributed by atoms with Crippen molar-refractivity contribution in [2.45, 2.75) is 0 Å². The van der Waals surface area contributed by atoms with Gasteiger partial charge in [0, 0.05) is 10.8 Å². The first-order chi connectivity index (χ1) is 27.3. The second-order valence-corrected chi connectivity index (χ2v) is 14.7. The van der Waals surface area contributed by atoms with Crippen LogP contribution < -0.4 is 0 Å². The molecule has 0 saturated carbocycles. The normalized spacial score (nSPS) is 12.0. The summed E-state index contributed by atoms with van der Waals surface area (Å²) in [5.74, 6) is 0. The second kappa shape index (κ2) is 11.6. The number of fused-ring (bicyclic) bond motifs is 10. The standard InChI is InChI=1S/C54H32O/c1-3-15-38-33(12-1)14-11-23-43(38)52-44-19-7-9-21-46(44)53(47-22-10-8-20-45(47)52)48-28-27-39(41-17-5-6-18-42(41)48)36-25-24-35-31-49-51(32-37(35)30-36)55-50-29-26-34-13-2-4-16-40(34)54(49)50/h1-32H. The average Bonchev–Trinajstić information content (AvgIpc) is 3.62. The van der Waals surface area contributed by atoms with E-state index in [0.29, 0.717) is 0 Å². The molecule has 1 heterocycles. The smallest absolute Gasteiger partial charge is 0.136 e. The minimum absolute atomic E-state index is 0.918. The number of rotatable bonds is 3. The van der Waals surface area contributed by atoms with Crippen molar-refractivity contribution in [3.05, 3.63) is 194 Å². The van der Waals surface area contributed by atoms with Crippen LogP contribution >= 0.6 is 0 Å². The third-order valence-corrected chi connectivity index (χ3v) is 11.8. The summed E-state index contributed by atoms with van der Waals surface area (Å²) < 4.78 is 6.48. The first-order valence-electron chi connectivity index (χ1n) is 19.0. The fourth-order valence-corrected chi connectivity index (χ4v) is 9.38. The van der Waals surface area contributed by atoms with Crippen molar-refractivity contribution >= 4 is 86.6 Å². The van der Waals surface area contributed by atoms with Crippen LogP contribution in [0.15, 0.2) is 199 Å². The van der Waals surface area contributed by atoms with E-state index in [1.165, 1.54) is 103 Å². The Labute approximate surface area is 317 Å². The third-order valence-electron chi connectivity index (χ3n) is 11.8. The predicted molar refractivity (Wildman–Crippen MR) is 235 cm³/mol. The highest BCUT2D eigenvalue weighted by atomic mass is 16.3. The van der Waals surface area contributed by atoms with Gasteiger partial charge in [-0.05, 0) is 122 Å². The van der Waals surface area contributed by atoms with Crippen molar-refractivity contribution in [2.24, 2.45) is 0 Å². The van der Waals surface area contributed by atoms with Gasteiger partial charge in [-0.15, -0.1) is 0 Å². The van der Waals surface area contributed by atoms with Crippen LogP contribution in [0.25, 0.3) is 120 Å². The Hall–Kier alpha value is -7.22. The molecule has 0 amide bonds. The summed E-state index contributed by atoms with van der Waals surface area (Å²) in [6, 6.07) is 71.1. The van der Waals surface area contributed by atoms with Crippen LogP contribution in [0, 0.1) is 0 Å². The monoisotopic (exact) mass is 696 g/mol. The lowest BCUT2D eigenvalue weighted by atomic mass is 9.83. The molecule has 12 aromatic rings. The Morgan fingerprint density at radius 2 is 0.764 bits per heavy atom. The summed E-state index contributed by atoms with van der Waals surface area (Å²) in [5.41, 5.74) is 9.33. The van der Waals surface area contributed by atoms with Gasteiger partial charge < -0.3 is 4.42 Å². The van der Waals surface area contributed by atoms with Crippen molar-refractivity contribution in [3.8, 4) is 33.4 Å². The van der Waals surface area contributed by atoms with Crippen LogP contribution in [0.4, 0.5) is 0 Å². The molecule has 11 aromatic carbocycles. The first kappa shape index (κ1) is 30.3. The molecule has 12 rings (SSSR count). The Morgan fingerprint density at radius 3 is 1.45 bits per heavy atom. The quantitative estimate of drug-likeness (QED) is 0.168. The van der Waals surface area contributed by atoms with E-state index in [4.69, 9.17) is 4.42 Å². The predicted octanol–water partition coefficient (Wildman–Crippen LogP) is 15.5. The summed E-state index contributed by atoms with van der Waals surface area (Å²) in [6.45, 7) is 0. The van der Waals surface area contributed by atoms with E-state index in [0.717, 1.165) is 16.6 Å². The molecule has 0 spiro atoms. The highest BCUT2D eigenvalue weighted by Gasteiger charge is 2.20. The maximum Gasteiger partial charge on any atom is 0.136 e. The lowest BCUT2D eigenvalue weighted by Gasteiger charge is -2.20. The van der Waals surface area contributed by atoms with Crippen molar-refractivity contribution < 1.29 is 4.42 Å². The zero-order valence-electron chi connectivity index (χ0n) is 29.9. The van der Waals surface area contributed by atoms with Crippen molar-refractivity contribution in [1.29, 1.82) is 0 Å². The molecule has 0 aliphatic rings. The van der Waals surface area contributed by atoms with Gasteiger partial charge in [0.25, 0.3) is 0 Å². The fraction of sp³-hybridized carbons (Fsp3) is 0. The van der Waals surface area contributed by atoms with E-state index < -0.39 is 0 Å². The fourth-order valence-electron chi connectivity index (χ4n) is 9.38. The van der Waals surface area contributed by atoms with Crippen LogP contribution in [0.1, 0.15) is 0 Å². The summed E-state index contributed by atoms with van der Waals surface area (Å²) in [7, 11) is 0.